The Morgan fingerprint density at radius 1 is 1.40 bits per heavy atom. The smallest absolute Gasteiger partial charge is 0.387 e. The number of rotatable bonds is 7. The van der Waals surface area contributed by atoms with Crippen molar-refractivity contribution in [3.05, 3.63) is 29.8 Å². The molecular formula is C14H18F2N2O2. The lowest BCUT2D eigenvalue weighted by molar-refractivity contribution is -0.0501. The van der Waals surface area contributed by atoms with E-state index in [1.165, 1.54) is 12.1 Å². The highest BCUT2D eigenvalue weighted by atomic mass is 19.3. The van der Waals surface area contributed by atoms with Crippen molar-refractivity contribution >= 4 is 5.91 Å². The molecule has 0 unspecified atom stereocenters. The minimum absolute atomic E-state index is 0.100. The van der Waals surface area contributed by atoms with E-state index >= 15 is 0 Å². The number of alkyl halides is 2. The van der Waals surface area contributed by atoms with Crippen molar-refractivity contribution in [3.8, 4) is 5.75 Å². The molecule has 0 aliphatic heterocycles. The maximum Gasteiger partial charge on any atom is 0.387 e. The molecule has 1 aromatic rings. The molecule has 6 heteroatoms. The minimum Gasteiger partial charge on any atom is -0.434 e. The van der Waals surface area contributed by atoms with E-state index in [0.29, 0.717) is 13.1 Å². The first-order chi connectivity index (χ1) is 9.56. The molecule has 3 N–H and O–H groups in total. The Hall–Kier alpha value is -1.69. The Balaban J connectivity index is 1.98. The summed E-state index contributed by atoms with van der Waals surface area (Å²) < 4.78 is 28.9. The van der Waals surface area contributed by atoms with E-state index in [4.69, 9.17) is 5.73 Å². The fraction of sp³-hybridized carbons (Fsp3) is 0.500. The number of hydrogen-bond donors (Lipinski definition) is 2. The van der Waals surface area contributed by atoms with Gasteiger partial charge >= 0.3 is 6.61 Å². The molecule has 0 radical (unpaired) electrons. The number of carbonyl (C=O) groups is 1. The first-order valence-electron chi connectivity index (χ1n) is 6.58. The first-order valence-corrected chi connectivity index (χ1v) is 6.58. The molecule has 1 saturated carbocycles. The summed E-state index contributed by atoms with van der Waals surface area (Å²) in [4.78, 5) is 12.1. The summed E-state index contributed by atoms with van der Waals surface area (Å²) in [6.45, 7) is -1.84. The van der Waals surface area contributed by atoms with Crippen molar-refractivity contribution in [3.63, 3.8) is 0 Å². The lowest BCUT2D eigenvalue weighted by Gasteiger charge is -2.16. The average molecular weight is 284 g/mol. The fourth-order valence-electron chi connectivity index (χ4n) is 2.21. The molecule has 1 aromatic carbocycles. The summed E-state index contributed by atoms with van der Waals surface area (Å²) in [6, 6.07) is 5.98. The number of hydrogen-bond acceptors (Lipinski definition) is 3. The van der Waals surface area contributed by atoms with E-state index in [1.807, 2.05) is 0 Å². The van der Waals surface area contributed by atoms with Gasteiger partial charge in [0.15, 0.2) is 0 Å². The number of halogens is 2. The number of ether oxygens (including phenoxy) is 1. The van der Waals surface area contributed by atoms with Gasteiger partial charge in [0.05, 0.1) is 5.56 Å². The van der Waals surface area contributed by atoms with E-state index in [-0.39, 0.29) is 16.7 Å². The zero-order valence-electron chi connectivity index (χ0n) is 11.1. The number of benzene rings is 1. The molecule has 0 spiro atoms. The van der Waals surface area contributed by atoms with Crippen LogP contribution in [0.15, 0.2) is 24.3 Å². The Morgan fingerprint density at radius 3 is 2.70 bits per heavy atom. The van der Waals surface area contributed by atoms with Crippen molar-refractivity contribution in [2.24, 2.45) is 11.1 Å². The van der Waals surface area contributed by atoms with Crippen LogP contribution in [0, 0.1) is 5.41 Å². The molecule has 1 amide bonds. The second kappa shape index (κ2) is 6.17. The first kappa shape index (κ1) is 14.7. The number of para-hydroxylation sites is 1. The molecule has 1 aliphatic rings. The van der Waals surface area contributed by atoms with Crippen LogP contribution in [0.1, 0.15) is 29.6 Å². The zero-order chi connectivity index (χ0) is 14.6. The van der Waals surface area contributed by atoms with Crippen molar-refractivity contribution in [1.82, 2.24) is 5.32 Å². The van der Waals surface area contributed by atoms with E-state index in [0.717, 1.165) is 19.3 Å². The third-order valence-electron chi connectivity index (χ3n) is 3.60. The van der Waals surface area contributed by atoms with Gasteiger partial charge in [0.25, 0.3) is 5.91 Å². The molecule has 2 rings (SSSR count). The molecule has 1 aliphatic carbocycles. The Bertz CT molecular complexity index is 476. The van der Waals surface area contributed by atoms with Gasteiger partial charge < -0.3 is 15.8 Å². The largest absolute Gasteiger partial charge is 0.434 e. The Morgan fingerprint density at radius 2 is 2.10 bits per heavy atom. The lowest BCUT2D eigenvalue weighted by atomic mass is 10.0. The number of nitrogens with two attached hydrogens (primary N) is 1. The molecule has 4 nitrogen and oxygen atoms in total. The quantitative estimate of drug-likeness (QED) is 0.806. The third-order valence-corrected chi connectivity index (χ3v) is 3.60. The van der Waals surface area contributed by atoms with E-state index < -0.39 is 12.5 Å². The summed E-state index contributed by atoms with van der Waals surface area (Å²) >= 11 is 0. The van der Waals surface area contributed by atoms with Crippen LogP contribution < -0.4 is 15.8 Å². The van der Waals surface area contributed by atoms with Crippen LogP contribution in [0.4, 0.5) is 8.78 Å². The van der Waals surface area contributed by atoms with Crippen molar-refractivity contribution in [1.29, 1.82) is 0 Å². The van der Waals surface area contributed by atoms with Gasteiger partial charge in [0.2, 0.25) is 0 Å². The number of carbonyl (C=O) groups excluding carboxylic acids is 1. The minimum atomic E-state index is -2.95. The van der Waals surface area contributed by atoms with Crippen LogP contribution in [0.25, 0.3) is 0 Å². The molecular weight excluding hydrogens is 266 g/mol. The van der Waals surface area contributed by atoms with Gasteiger partial charge in [-0.15, -0.1) is 0 Å². The lowest BCUT2D eigenvalue weighted by Crippen LogP contribution is -2.31. The summed E-state index contributed by atoms with van der Waals surface area (Å²) in [7, 11) is 0. The molecule has 0 saturated heterocycles. The zero-order valence-corrected chi connectivity index (χ0v) is 11.1. The van der Waals surface area contributed by atoms with E-state index in [2.05, 4.69) is 10.1 Å². The average Bonchev–Trinajstić information content (AvgIpc) is 3.17. The molecule has 1 fully saturated rings. The van der Waals surface area contributed by atoms with Crippen LogP contribution >= 0.6 is 0 Å². The molecule has 0 bridgehead atoms. The number of amides is 1. The third kappa shape index (κ3) is 3.66. The van der Waals surface area contributed by atoms with Crippen LogP contribution in [-0.4, -0.2) is 25.6 Å². The van der Waals surface area contributed by atoms with Crippen LogP contribution in [0.5, 0.6) is 5.75 Å². The summed E-state index contributed by atoms with van der Waals surface area (Å²) in [5.41, 5.74) is 5.76. The van der Waals surface area contributed by atoms with Crippen molar-refractivity contribution < 1.29 is 18.3 Å². The van der Waals surface area contributed by atoms with Crippen LogP contribution in [-0.2, 0) is 0 Å². The number of nitrogens with one attached hydrogen (secondary N) is 1. The highest BCUT2D eigenvalue weighted by Gasteiger charge is 2.41. The normalized spacial score (nSPS) is 16.0. The molecule has 0 heterocycles. The van der Waals surface area contributed by atoms with Crippen LogP contribution in [0.2, 0.25) is 0 Å². The maximum atomic E-state index is 12.3. The standard InChI is InChI=1S/C14H18F2N2O2/c15-13(16)20-11-4-2-1-3-10(11)12(19)18-9-14(5-6-14)7-8-17/h1-4,13H,5-9,17H2,(H,18,19). The molecule has 110 valence electrons. The second-order valence-electron chi connectivity index (χ2n) is 5.10. The highest BCUT2D eigenvalue weighted by Crippen LogP contribution is 2.47. The Kier molecular flexibility index (Phi) is 4.54. The summed E-state index contributed by atoms with van der Waals surface area (Å²) in [5, 5.41) is 2.78. The SMILES string of the molecule is NCCC1(CNC(=O)c2ccccc2OC(F)F)CC1. The molecule has 20 heavy (non-hydrogen) atoms. The monoisotopic (exact) mass is 284 g/mol. The fourth-order valence-corrected chi connectivity index (χ4v) is 2.21. The van der Waals surface area contributed by atoms with Gasteiger partial charge in [-0.25, -0.2) is 0 Å². The van der Waals surface area contributed by atoms with Gasteiger partial charge in [-0.1, -0.05) is 12.1 Å². The summed E-state index contributed by atoms with van der Waals surface area (Å²) in [5.74, 6) is -0.506. The predicted octanol–water partition coefficient (Wildman–Crippen LogP) is 2.15. The van der Waals surface area contributed by atoms with Gasteiger partial charge in [-0.3, -0.25) is 4.79 Å². The van der Waals surface area contributed by atoms with Gasteiger partial charge in [-0.2, -0.15) is 8.78 Å². The van der Waals surface area contributed by atoms with Gasteiger partial charge in [-0.05, 0) is 43.4 Å². The van der Waals surface area contributed by atoms with Crippen LogP contribution in [0.3, 0.4) is 0 Å². The molecule has 0 aromatic heterocycles. The van der Waals surface area contributed by atoms with E-state index in [9.17, 15) is 13.6 Å². The van der Waals surface area contributed by atoms with E-state index in [1.54, 1.807) is 12.1 Å². The Labute approximate surface area is 116 Å². The van der Waals surface area contributed by atoms with Crippen molar-refractivity contribution in [2.45, 2.75) is 25.9 Å². The second-order valence-corrected chi connectivity index (χ2v) is 5.10. The topological polar surface area (TPSA) is 64.3 Å². The molecule has 0 atom stereocenters. The summed E-state index contributed by atoms with van der Waals surface area (Å²) in [6.07, 6.45) is 2.95. The predicted molar refractivity (Wildman–Crippen MR) is 70.7 cm³/mol. The highest BCUT2D eigenvalue weighted by molar-refractivity contribution is 5.96. The van der Waals surface area contributed by atoms with Crippen molar-refractivity contribution in [2.75, 3.05) is 13.1 Å². The van der Waals surface area contributed by atoms with Gasteiger partial charge in [0.1, 0.15) is 5.75 Å². The van der Waals surface area contributed by atoms with Gasteiger partial charge in [0, 0.05) is 6.54 Å². The maximum absolute atomic E-state index is 12.3.